The molecule has 1 aromatic carbocycles. The fourth-order valence-electron chi connectivity index (χ4n) is 2.12. The smallest absolute Gasteiger partial charge is 0.339 e. The number of carbonyl (C=O) groups is 2. The van der Waals surface area contributed by atoms with Crippen LogP contribution in [0.2, 0.25) is 0 Å². The number of nitrogens with zero attached hydrogens (tertiary/aromatic N) is 2. The van der Waals surface area contributed by atoms with Crippen LogP contribution in [-0.4, -0.2) is 59.7 Å². The van der Waals surface area contributed by atoms with Crippen LogP contribution in [0.15, 0.2) is 24.3 Å². The standard InChI is InChI=1S/C14H18N2O4/c1-11(17)16-8-6-15(7-9-16)10-20-13-5-3-2-4-12(13)14(18)19/h2-5H,6-10H2,1H3,(H,18,19). The average Bonchev–Trinajstić information content (AvgIpc) is 2.45. The van der Waals surface area contributed by atoms with E-state index in [1.807, 2.05) is 0 Å². The first-order valence-corrected chi connectivity index (χ1v) is 6.51. The maximum atomic E-state index is 11.2. The van der Waals surface area contributed by atoms with Crippen molar-refractivity contribution in [3.05, 3.63) is 29.8 Å². The lowest BCUT2D eigenvalue weighted by atomic mass is 10.2. The summed E-state index contributed by atoms with van der Waals surface area (Å²) in [5, 5.41) is 9.06. The Bertz CT molecular complexity index is 496. The van der Waals surface area contributed by atoms with Gasteiger partial charge in [-0.25, -0.2) is 4.79 Å². The molecule has 1 aliphatic heterocycles. The molecule has 0 aliphatic carbocycles. The number of hydrogen-bond donors (Lipinski definition) is 1. The van der Waals surface area contributed by atoms with Crippen molar-refractivity contribution in [2.24, 2.45) is 0 Å². The van der Waals surface area contributed by atoms with E-state index < -0.39 is 5.97 Å². The molecule has 1 N–H and O–H groups in total. The lowest BCUT2D eigenvalue weighted by Gasteiger charge is -2.33. The Hall–Kier alpha value is -2.08. The lowest BCUT2D eigenvalue weighted by Crippen LogP contribution is -2.49. The van der Waals surface area contributed by atoms with E-state index >= 15 is 0 Å². The summed E-state index contributed by atoms with van der Waals surface area (Å²) in [6.45, 7) is 4.72. The highest BCUT2D eigenvalue weighted by Crippen LogP contribution is 2.18. The maximum absolute atomic E-state index is 11.2. The molecule has 1 amide bonds. The lowest BCUT2D eigenvalue weighted by molar-refractivity contribution is -0.131. The Balaban J connectivity index is 1.88. The van der Waals surface area contributed by atoms with Gasteiger partial charge >= 0.3 is 5.97 Å². The van der Waals surface area contributed by atoms with E-state index in [1.165, 1.54) is 6.07 Å². The van der Waals surface area contributed by atoms with Crippen molar-refractivity contribution in [1.82, 2.24) is 9.80 Å². The van der Waals surface area contributed by atoms with Gasteiger partial charge in [0.15, 0.2) is 0 Å². The van der Waals surface area contributed by atoms with E-state index in [2.05, 4.69) is 4.90 Å². The minimum atomic E-state index is -0.998. The van der Waals surface area contributed by atoms with E-state index in [1.54, 1.807) is 30.0 Å². The molecule has 108 valence electrons. The van der Waals surface area contributed by atoms with Crippen molar-refractivity contribution >= 4 is 11.9 Å². The second-order valence-corrected chi connectivity index (χ2v) is 4.70. The summed E-state index contributed by atoms with van der Waals surface area (Å²) in [7, 11) is 0. The van der Waals surface area contributed by atoms with Crippen molar-refractivity contribution in [3.8, 4) is 5.75 Å². The monoisotopic (exact) mass is 278 g/mol. The second-order valence-electron chi connectivity index (χ2n) is 4.70. The van der Waals surface area contributed by atoms with Crippen LogP contribution < -0.4 is 4.74 Å². The van der Waals surface area contributed by atoms with Crippen molar-refractivity contribution in [2.75, 3.05) is 32.9 Å². The minimum absolute atomic E-state index is 0.0850. The minimum Gasteiger partial charge on any atom is -0.478 e. The van der Waals surface area contributed by atoms with Gasteiger partial charge in [-0.05, 0) is 12.1 Å². The molecule has 1 saturated heterocycles. The van der Waals surface area contributed by atoms with Gasteiger partial charge in [0, 0.05) is 33.1 Å². The zero-order valence-electron chi connectivity index (χ0n) is 11.4. The van der Waals surface area contributed by atoms with Crippen molar-refractivity contribution in [2.45, 2.75) is 6.92 Å². The summed E-state index contributed by atoms with van der Waals surface area (Å²) in [5.41, 5.74) is 0.162. The average molecular weight is 278 g/mol. The molecule has 6 nitrogen and oxygen atoms in total. The summed E-state index contributed by atoms with van der Waals surface area (Å²) >= 11 is 0. The van der Waals surface area contributed by atoms with Gasteiger partial charge in [0.05, 0.1) is 0 Å². The Kier molecular flexibility index (Phi) is 4.57. The Morgan fingerprint density at radius 3 is 2.45 bits per heavy atom. The first-order chi connectivity index (χ1) is 9.58. The van der Waals surface area contributed by atoms with Gasteiger partial charge in [0.1, 0.15) is 18.0 Å². The van der Waals surface area contributed by atoms with Crippen LogP contribution in [-0.2, 0) is 4.79 Å². The predicted molar refractivity (Wildman–Crippen MR) is 72.7 cm³/mol. The summed E-state index contributed by atoms with van der Waals surface area (Å²) in [6.07, 6.45) is 0. The van der Waals surface area contributed by atoms with Gasteiger partial charge < -0.3 is 14.7 Å². The predicted octanol–water partition coefficient (Wildman–Crippen LogP) is 0.885. The van der Waals surface area contributed by atoms with Crippen LogP contribution in [0.3, 0.4) is 0 Å². The normalized spacial score (nSPS) is 15.9. The Morgan fingerprint density at radius 1 is 1.20 bits per heavy atom. The number of amides is 1. The van der Waals surface area contributed by atoms with Crippen molar-refractivity contribution < 1.29 is 19.4 Å². The molecule has 1 heterocycles. The highest BCUT2D eigenvalue weighted by atomic mass is 16.5. The molecule has 0 bridgehead atoms. The second kappa shape index (κ2) is 6.38. The number of carboxylic acid groups (broad SMARTS) is 1. The quantitative estimate of drug-likeness (QED) is 0.885. The third-order valence-corrected chi connectivity index (χ3v) is 3.34. The van der Waals surface area contributed by atoms with E-state index in [9.17, 15) is 9.59 Å². The van der Waals surface area contributed by atoms with Gasteiger partial charge in [0.25, 0.3) is 0 Å². The first kappa shape index (κ1) is 14.3. The molecular formula is C14H18N2O4. The number of rotatable bonds is 4. The summed E-state index contributed by atoms with van der Waals surface area (Å²) in [5.74, 6) is -0.544. The van der Waals surface area contributed by atoms with Crippen LogP contribution in [0.25, 0.3) is 0 Å². The molecule has 1 aromatic rings. The van der Waals surface area contributed by atoms with Gasteiger partial charge in [0.2, 0.25) is 5.91 Å². The van der Waals surface area contributed by atoms with Crippen molar-refractivity contribution in [1.29, 1.82) is 0 Å². The number of benzene rings is 1. The number of para-hydroxylation sites is 1. The van der Waals surface area contributed by atoms with E-state index in [0.717, 1.165) is 13.1 Å². The fourth-order valence-corrected chi connectivity index (χ4v) is 2.12. The molecule has 0 radical (unpaired) electrons. The number of carboxylic acids is 1. The third-order valence-electron chi connectivity index (χ3n) is 3.34. The molecule has 1 fully saturated rings. The largest absolute Gasteiger partial charge is 0.478 e. The highest BCUT2D eigenvalue weighted by molar-refractivity contribution is 5.90. The molecule has 0 spiro atoms. The van der Waals surface area contributed by atoms with Gasteiger partial charge in [-0.15, -0.1) is 0 Å². The molecule has 0 unspecified atom stereocenters. The van der Waals surface area contributed by atoms with Crippen LogP contribution >= 0.6 is 0 Å². The highest BCUT2D eigenvalue weighted by Gasteiger charge is 2.19. The first-order valence-electron chi connectivity index (χ1n) is 6.51. The fraction of sp³-hybridized carbons (Fsp3) is 0.429. The van der Waals surface area contributed by atoms with Crippen molar-refractivity contribution in [3.63, 3.8) is 0 Å². The SMILES string of the molecule is CC(=O)N1CCN(COc2ccccc2C(=O)O)CC1. The number of ether oxygens (including phenoxy) is 1. The Labute approximate surface area is 117 Å². The van der Waals surface area contributed by atoms with Gasteiger partial charge in [-0.3, -0.25) is 9.69 Å². The summed E-state index contributed by atoms with van der Waals surface area (Å²) in [6, 6.07) is 6.58. The van der Waals surface area contributed by atoms with E-state index in [-0.39, 0.29) is 11.5 Å². The number of carbonyl (C=O) groups excluding carboxylic acids is 1. The molecule has 1 aliphatic rings. The van der Waals surface area contributed by atoms with Gasteiger partial charge in [-0.1, -0.05) is 12.1 Å². The Morgan fingerprint density at radius 2 is 1.85 bits per heavy atom. The zero-order chi connectivity index (χ0) is 14.5. The maximum Gasteiger partial charge on any atom is 0.339 e. The number of aromatic carboxylic acids is 1. The van der Waals surface area contributed by atoms with E-state index in [0.29, 0.717) is 25.6 Å². The van der Waals surface area contributed by atoms with Crippen LogP contribution in [0.5, 0.6) is 5.75 Å². The molecule has 0 atom stereocenters. The van der Waals surface area contributed by atoms with Crippen LogP contribution in [0, 0.1) is 0 Å². The molecule has 0 saturated carbocycles. The number of hydrogen-bond acceptors (Lipinski definition) is 4. The van der Waals surface area contributed by atoms with Crippen LogP contribution in [0.4, 0.5) is 0 Å². The summed E-state index contributed by atoms with van der Waals surface area (Å²) < 4.78 is 5.58. The molecular weight excluding hydrogens is 260 g/mol. The van der Waals surface area contributed by atoms with Gasteiger partial charge in [-0.2, -0.15) is 0 Å². The van der Waals surface area contributed by atoms with E-state index in [4.69, 9.17) is 9.84 Å². The number of piperazine rings is 1. The third kappa shape index (κ3) is 3.48. The summed E-state index contributed by atoms with van der Waals surface area (Å²) in [4.78, 5) is 26.1. The molecule has 6 heteroatoms. The van der Waals surface area contributed by atoms with Crippen LogP contribution in [0.1, 0.15) is 17.3 Å². The molecule has 20 heavy (non-hydrogen) atoms. The molecule has 2 rings (SSSR count). The zero-order valence-corrected chi connectivity index (χ0v) is 11.4. The topological polar surface area (TPSA) is 70.1 Å². The molecule has 0 aromatic heterocycles.